The second kappa shape index (κ2) is 6.06. The number of rotatable bonds is 3. The molecular weight excluding hydrogens is 342 g/mol. The number of hydrogen-bond acceptors (Lipinski definition) is 6. The third-order valence-corrected chi connectivity index (χ3v) is 4.43. The molecule has 2 aromatic heterocycles. The molecule has 1 atom stereocenters. The van der Waals surface area contributed by atoms with Gasteiger partial charge in [-0.3, -0.25) is 14.9 Å². The third-order valence-electron chi connectivity index (χ3n) is 3.68. The van der Waals surface area contributed by atoms with Crippen LogP contribution in [0.5, 0.6) is 5.75 Å². The Morgan fingerprint density at radius 2 is 2.24 bits per heavy atom. The van der Waals surface area contributed by atoms with Crippen molar-refractivity contribution in [2.45, 2.75) is 13.0 Å². The Balaban J connectivity index is 1.55. The van der Waals surface area contributed by atoms with Crippen LogP contribution in [0.2, 0.25) is 0 Å². The molecule has 7 nitrogen and oxygen atoms in total. The van der Waals surface area contributed by atoms with Crippen molar-refractivity contribution in [1.29, 1.82) is 0 Å². The van der Waals surface area contributed by atoms with Crippen molar-refractivity contribution in [2.24, 2.45) is 0 Å². The maximum absolute atomic E-state index is 12.0. The second-order valence-corrected chi connectivity index (χ2v) is 6.29. The predicted molar refractivity (Wildman–Crippen MR) is 92.9 cm³/mol. The molecule has 8 heteroatoms. The quantitative estimate of drug-likeness (QED) is 0.751. The van der Waals surface area contributed by atoms with E-state index in [0.717, 1.165) is 5.56 Å². The SMILES string of the molecule is C[C@H]1Oc2ccc(-c3csc(NC(=O)c4ccco4)n3)cc2NC1=O. The Hall–Kier alpha value is -3.13. The van der Waals surface area contributed by atoms with E-state index in [1.165, 1.54) is 17.6 Å². The van der Waals surface area contributed by atoms with Crippen LogP contribution in [0, 0.1) is 0 Å². The average Bonchev–Trinajstić information content (AvgIpc) is 3.27. The number of amides is 2. The molecule has 0 fully saturated rings. The van der Waals surface area contributed by atoms with Gasteiger partial charge in [-0.25, -0.2) is 4.98 Å². The van der Waals surface area contributed by atoms with Gasteiger partial charge in [0.05, 0.1) is 17.6 Å². The van der Waals surface area contributed by atoms with Gasteiger partial charge in [0, 0.05) is 10.9 Å². The molecule has 0 unspecified atom stereocenters. The van der Waals surface area contributed by atoms with E-state index in [0.29, 0.717) is 22.3 Å². The highest BCUT2D eigenvalue weighted by molar-refractivity contribution is 7.14. The lowest BCUT2D eigenvalue weighted by molar-refractivity contribution is -0.122. The highest BCUT2D eigenvalue weighted by Crippen LogP contribution is 2.34. The molecule has 2 amide bonds. The number of nitrogens with zero attached hydrogens (tertiary/aromatic N) is 1. The first-order chi connectivity index (χ1) is 12.1. The standard InChI is InChI=1S/C17H13N3O4S/c1-9-15(21)18-11-7-10(4-5-13(11)24-9)12-8-25-17(19-12)20-16(22)14-3-2-6-23-14/h2-9H,1H3,(H,18,21)(H,19,20,22)/t9-/m1/s1. The van der Waals surface area contributed by atoms with E-state index in [2.05, 4.69) is 15.6 Å². The van der Waals surface area contributed by atoms with Crippen LogP contribution >= 0.6 is 11.3 Å². The normalized spacial score (nSPS) is 15.9. The van der Waals surface area contributed by atoms with Crippen molar-refractivity contribution >= 4 is 34.0 Å². The summed E-state index contributed by atoms with van der Waals surface area (Å²) in [5.74, 6) is 0.303. The molecule has 2 N–H and O–H groups in total. The summed E-state index contributed by atoms with van der Waals surface area (Å²) in [6, 6.07) is 8.67. The summed E-state index contributed by atoms with van der Waals surface area (Å²) in [6.45, 7) is 1.70. The topological polar surface area (TPSA) is 93.5 Å². The summed E-state index contributed by atoms with van der Waals surface area (Å²) in [5, 5.41) is 7.78. The van der Waals surface area contributed by atoms with E-state index < -0.39 is 6.10 Å². The first-order valence-corrected chi connectivity index (χ1v) is 8.40. The van der Waals surface area contributed by atoms with Crippen LogP contribution in [0.1, 0.15) is 17.5 Å². The number of furan rings is 1. The van der Waals surface area contributed by atoms with E-state index in [1.54, 1.807) is 31.2 Å². The lowest BCUT2D eigenvalue weighted by Gasteiger charge is -2.23. The molecule has 25 heavy (non-hydrogen) atoms. The van der Waals surface area contributed by atoms with Gasteiger partial charge < -0.3 is 14.5 Å². The summed E-state index contributed by atoms with van der Waals surface area (Å²) in [7, 11) is 0. The zero-order chi connectivity index (χ0) is 17.4. The van der Waals surface area contributed by atoms with Crippen molar-refractivity contribution in [3.05, 3.63) is 47.7 Å². The monoisotopic (exact) mass is 355 g/mol. The number of anilines is 2. The summed E-state index contributed by atoms with van der Waals surface area (Å²) >= 11 is 1.30. The fourth-order valence-corrected chi connectivity index (χ4v) is 3.11. The summed E-state index contributed by atoms with van der Waals surface area (Å²) in [4.78, 5) is 28.1. The Morgan fingerprint density at radius 3 is 3.04 bits per heavy atom. The molecule has 4 rings (SSSR count). The van der Waals surface area contributed by atoms with Gasteiger partial charge >= 0.3 is 0 Å². The Labute approximate surface area is 146 Å². The minimum Gasteiger partial charge on any atom is -0.479 e. The molecule has 0 bridgehead atoms. The number of ether oxygens (including phenoxy) is 1. The van der Waals surface area contributed by atoms with Gasteiger partial charge in [0.2, 0.25) is 0 Å². The number of carbonyl (C=O) groups is 2. The van der Waals surface area contributed by atoms with Gasteiger partial charge in [0.1, 0.15) is 5.75 Å². The highest BCUT2D eigenvalue weighted by Gasteiger charge is 2.24. The lowest BCUT2D eigenvalue weighted by Crippen LogP contribution is -2.34. The summed E-state index contributed by atoms with van der Waals surface area (Å²) in [5.41, 5.74) is 2.11. The van der Waals surface area contributed by atoms with E-state index >= 15 is 0 Å². The largest absolute Gasteiger partial charge is 0.479 e. The molecule has 3 aromatic rings. The van der Waals surface area contributed by atoms with Crippen molar-refractivity contribution < 1.29 is 18.7 Å². The molecule has 0 aliphatic carbocycles. The molecule has 0 radical (unpaired) electrons. The third kappa shape index (κ3) is 2.99. The molecule has 0 saturated carbocycles. The van der Waals surface area contributed by atoms with Crippen LogP contribution in [0.15, 0.2) is 46.4 Å². The van der Waals surface area contributed by atoms with Gasteiger partial charge in [-0.1, -0.05) is 0 Å². The molecule has 0 saturated heterocycles. The number of benzene rings is 1. The minimum absolute atomic E-state index is 0.186. The first-order valence-electron chi connectivity index (χ1n) is 7.52. The van der Waals surface area contributed by atoms with E-state index in [1.807, 2.05) is 11.4 Å². The van der Waals surface area contributed by atoms with Gasteiger partial charge in [-0.2, -0.15) is 0 Å². The van der Waals surface area contributed by atoms with Gasteiger partial charge in [-0.05, 0) is 37.3 Å². The highest BCUT2D eigenvalue weighted by atomic mass is 32.1. The van der Waals surface area contributed by atoms with Crippen LogP contribution in [0.4, 0.5) is 10.8 Å². The molecular formula is C17H13N3O4S. The van der Waals surface area contributed by atoms with Crippen LogP contribution in [0.25, 0.3) is 11.3 Å². The maximum Gasteiger partial charge on any atom is 0.293 e. The van der Waals surface area contributed by atoms with Gasteiger partial charge in [0.25, 0.3) is 11.8 Å². The first kappa shape index (κ1) is 15.4. The van der Waals surface area contributed by atoms with Crippen molar-refractivity contribution in [3.8, 4) is 17.0 Å². The number of fused-ring (bicyclic) bond motifs is 1. The van der Waals surface area contributed by atoms with Gasteiger partial charge in [0.15, 0.2) is 17.0 Å². The number of thiazole rings is 1. The molecule has 1 aromatic carbocycles. The molecule has 1 aliphatic rings. The summed E-state index contributed by atoms with van der Waals surface area (Å²) < 4.78 is 10.6. The summed E-state index contributed by atoms with van der Waals surface area (Å²) in [6.07, 6.45) is 0.924. The van der Waals surface area contributed by atoms with E-state index in [9.17, 15) is 9.59 Å². The molecule has 126 valence electrons. The van der Waals surface area contributed by atoms with Crippen LogP contribution in [-0.4, -0.2) is 22.9 Å². The number of hydrogen-bond donors (Lipinski definition) is 2. The van der Waals surface area contributed by atoms with Crippen LogP contribution in [-0.2, 0) is 4.79 Å². The molecule has 1 aliphatic heterocycles. The van der Waals surface area contributed by atoms with Crippen LogP contribution in [0.3, 0.4) is 0 Å². The molecule has 0 spiro atoms. The van der Waals surface area contributed by atoms with Crippen molar-refractivity contribution in [3.63, 3.8) is 0 Å². The van der Waals surface area contributed by atoms with E-state index in [-0.39, 0.29) is 17.6 Å². The fraction of sp³-hybridized carbons (Fsp3) is 0.118. The Bertz CT molecular complexity index is 949. The smallest absolute Gasteiger partial charge is 0.293 e. The van der Waals surface area contributed by atoms with Gasteiger partial charge in [-0.15, -0.1) is 11.3 Å². The van der Waals surface area contributed by atoms with Crippen molar-refractivity contribution in [2.75, 3.05) is 10.6 Å². The minimum atomic E-state index is -0.513. The predicted octanol–water partition coefficient (Wildman–Crippen LogP) is 3.37. The second-order valence-electron chi connectivity index (χ2n) is 5.43. The Morgan fingerprint density at radius 1 is 1.36 bits per heavy atom. The lowest BCUT2D eigenvalue weighted by atomic mass is 10.1. The fourth-order valence-electron chi connectivity index (χ4n) is 2.40. The number of carbonyl (C=O) groups excluding carboxylic acids is 2. The maximum atomic E-state index is 12.0. The number of aromatic nitrogens is 1. The zero-order valence-corrected chi connectivity index (χ0v) is 13.9. The zero-order valence-electron chi connectivity index (χ0n) is 13.1. The Kier molecular flexibility index (Phi) is 3.73. The van der Waals surface area contributed by atoms with Crippen LogP contribution < -0.4 is 15.4 Å². The number of nitrogens with one attached hydrogen (secondary N) is 2. The van der Waals surface area contributed by atoms with E-state index in [4.69, 9.17) is 9.15 Å². The average molecular weight is 355 g/mol. The van der Waals surface area contributed by atoms with Crippen molar-refractivity contribution in [1.82, 2.24) is 4.98 Å². The molecule has 3 heterocycles.